The quantitative estimate of drug-likeness (QED) is 0.779. The number of carbonyl (C=O) groups is 2. The number of benzene rings is 1. The summed E-state index contributed by atoms with van der Waals surface area (Å²) in [5, 5.41) is 4.44. The van der Waals surface area contributed by atoms with Gasteiger partial charge in [-0.25, -0.2) is 4.68 Å². The molecule has 6 heteroatoms. The Labute approximate surface area is 159 Å². The number of hydrogen-bond acceptors (Lipinski definition) is 4. The summed E-state index contributed by atoms with van der Waals surface area (Å²) in [5.41, 5.74) is 2.56. The number of hydrogen-bond donors (Lipinski definition) is 0. The number of rotatable bonds is 4. The average molecular weight is 367 g/mol. The molecule has 1 saturated carbocycles. The molecule has 2 aliphatic rings. The lowest BCUT2D eigenvalue weighted by molar-refractivity contribution is -0.151. The number of esters is 1. The Kier molecular flexibility index (Phi) is 4.50. The number of carbonyl (C=O) groups excluding carboxylic acids is 2. The summed E-state index contributed by atoms with van der Waals surface area (Å²) in [5.74, 6) is -0.605. The van der Waals surface area contributed by atoms with Crippen LogP contribution in [-0.4, -0.2) is 39.2 Å². The summed E-state index contributed by atoms with van der Waals surface area (Å²) in [4.78, 5) is 26.6. The van der Waals surface area contributed by atoms with E-state index >= 15 is 0 Å². The SMILES string of the molecule is Cc1ccccc1-n1cc(CN(C)C(=O)[C@H]2CC(=O)OC23CCCC3)cn1. The van der Waals surface area contributed by atoms with Crippen molar-refractivity contribution in [2.75, 3.05) is 7.05 Å². The summed E-state index contributed by atoms with van der Waals surface area (Å²) >= 11 is 0. The summed E-state index contributed by atoms with van der Waals surface area (Å²) in [6.07, 6.45) is 7.58. The van der Waals surface area contributed by atoms with E-state index in [1.165, 1.54) is 0 Å². The highest BCUT2D eigenvalue weighted by Gasteiger charge is 2.54. The van der Waals surface area contributed by atoms with Crippen LogP contribution in [-0.2, 0) is 20.9 Å². The Morgan fingerprint density at radius 1 is 1.33 bits per heavy atom. The van der Waals surface area contributed by atoms with E-state index in [0.29, 0.717) is 6.54 Å². The first-order valence-corrected chi connectivity index (χ1v) is 9.55. The van der Waals surface area contributed by atoms with Crippen LogP contribution in [0, 0.1) is 12.8 Å². The summed E-state index contributed by atoms with van der Waals surface area (Å²) in [6.45, 7) is 2.51. The fourth-order valence-electron chi connectivity index (χ4n) is 4.44. The van der Waals surface area contributed by atoms with Crippen LogP contribution < -0.4 is 0 Å². The lowest BCUT2D eigenvalue weighted by Gasteiger charge is -2.30. The van der Waals surface area contributed by atoms with Gasteiger partial charge in [-0.1, -0.05) is 18.2 Å². The Balaban J connectivity index is 1.48. The zero-order valence-electron chi connectivity index (χ0n) is 15.9. The molecule has 27 heavy (non-hydrogen) atoms. The van der Waals surface area contributed by atoms with Crippen LogP contribution in [0.15, 0.2) is 36.7 Å². The van der Waals surface area contributed by atoms with Crippen LogP contribution >= 0.6 is 0 Å². The number of aryl methyl sites for hydroxylation is 1. The molecule has 1 amide bonds. The van der Waals surface area contributed by atoms with E-state index < -0.39 is 5.60 Å². The molecule has 2 heterocycles. The van der Waals surface area contributed by atoms with E-state index in [0.717, 1.165) is 42.5 Å². The number of ether oxygens (including phenoxy) is 1. The Bertz CT molecular complexity index is 867. The van der Waals surface area contributed by atoms with Crippen LogP contribution in [0.2, 0.25) is 0 Å². The normalized spacial score (nSPS) is 20.8. The maximum absolute atomic E-state index is 13.1. The van der Waals surface area contributed by atoms with Gasteiger partial charge in [0.2, 0.25) is 5.91 Å². The predicted octanol–water partition coefficient (Wildman–Crippen LogP) is 3.02. The minimum absolute atomic E-state index is 0.00797. The van der Waals surface area contributed by atoms with E-state index in [2.05, 4.69) is 5.10 Å². The fourth-order valence-corrected chi connectivity index (χ4v) is 4.44. The fraction of sp³-hybridized carbons (Fsp3) is 0.476. The topological polar surface area (TPSA) is 64.4 Å². The smallest absolute Gasteiger partial charge is 0.307 e. The average Bonchev–Trinajstić information content (AvgIpc) is 3.36. The standard InChI is InChI=1S/C21H25N3O3/c1-15-7-3-4-8-18(15)24-14-16(12-22-24)13-23(2)20(26)17-11-19(25)27-21(17)9-5-6-10-21/h3-4,7-8,12,14,17H,5-6,9-11,13H2,1-2H3/t17-/m1/s1. The van der Waals surface area contributed by atoms with Crippen LogP contribution in [0.4, 0.5) is 0 Å². The van der Waals surface area contributed by atoms with Crippen molar-refractivity contribution in [2.45, 2.75) is 51.2 Å². The van der Waals surface area contributed by atoms with Gasteiger partial charge in [0.15, 0.2) is 0 Å². The zero-order chi connectivity index (χ0) is 19.0. The maximum Gasteiger partial charge on any atom is 0.307 e. The van der Waals surface area contributed by atoms with Gasteiger partial charge in [-0.2, -0.15) is 5.10 Å². The molecule has 0 bridgehead atoms. The lowest BCUT2D eigenvalue weighted by Crippen LogP contribution is -2.43. The van der Waals surface area contributed by atoms with Crippen molar-refractivity contribution >= 4 is 11.9 Å². The van der Waals surface area contributed by atoms with Crippen LogP contribution in [0.25, 0.3) is 5.69 Å². The molecule has 6 nitrogen and oxygen atoms in total. The molecule has 0 radical (unpaired) electrons. The second kappa shape index (κ2) is 6.83. The molecule has 1 saturated heterocycles. The van der Waals surface area contributed by atoms with Crippen LogP contribution in [0.1, 0.15) is 43.2 Å². The number of nitrogens with zero attached hydrogens (tertiary/aromatic N) is 3. The molecule has 1 atom stereocenters. The van der Waals surface area contributed by atoms with Crippen molar-refractivity contribution in [1.29, 1.82) is 0 Å². The van der Waals surface area contributed by atoms with E-state index in [-0.39, 0.29) is 24.2 Å². The van der Waals surface area contributed by atoms with Gasteiger partial charge in [-0.05, 0) is 44.2 Å². The molecule has 4 rings (SSSR count). The largest absolute Gasteiger partial charge is 0.458 e. The van der Waals surface area contributed by atoms with E-state index in [9.17, 15) is 9.59 Å². The maximum atomic E-state index is 13.1. The molecule has 0 N–H and O–H groups in total. The highest BCUT2D eigenvalue weighted by Crippen LogP contribution is 2.46. The number of para-hydroxylation sites is 1. The van der Waals surface area contributed by atoms with Crippen molar-refractivity contribution in [3.63, 3.8) is 0 Å². The molecule has 2 aromatic rings. The van der Waals surface area contributed by atoms with Gasteiger partial charge in [-0.15, -0.1) is 0 Å². The summed E-state index contributed by atoms with van der Waals surface area (Å²) < 4.78 is 7.45. The van der Waals surface area contributed by atoms with Gasteiger partial charge in [0.05, 0.1) is 24.2 Å². The zero-order valence-corrected chi connectivity index (χ0v) is 15.9. The second-order valence-corrected chi connectivity index (χ2v) is 7.78. The number of aromatic nitrogens is 2. The monoisotopic (exact) mass is 367 g/mol. The minimum Gasteiger partial charge on any atom is -0.458 e. The third-order valence-electron chi connectivity index (χ3n) is 5.87. The van der Waals surface area contributed by atoms with E-state index in [1.54, 1.807) is 18.1 Å². The summed E-state index contributed by atoms with van der Waals surface area (Å²) in [6, 6.07) is 8.05. The molecule has 0 unspecified atom stereocenters. The van der Waals surface area contributed by atoms with Crippen LogP contribution in [0.5, 0.6) is 0 Å². The van der Waals surface area contributed by atoms with Crippen molar-refractivity contribution < 1.29 is 14.3 Å². The van der Waals surface area contributed by atoms with Gasteiger partial charge in [0, 0.05) is 25.4 Å². The van der Waals surface area contributed by atoms with Gasteiger partial charge in [0.25, 0.3) is 0 Å². The Hall–Kier alpha value is -2.63. The Morgan fingerprint density at radius 2 is 2.07 bits per heavy atom. The molecule has 1 aromatic heterocycles. The number of amides is 1. The van der Waals surface area contributed by atoms with Crippen molar-refractivity contribution in [2.24, 2.45) is 5.92 Å². The summed E-state index contributed by atoms with van der Waals surface area (Å²) in [7, 11) is 1.79. The van der Waals surface area contributed by atoms with Crippen LogP contribution in [0.3, 0.4) is 0 Å². The Morgan fingerprint density at radius 3 is 2.81 bits per heavy atom. The third-order valence-corrected chi connectivity index (χ3v) is 5.87. The predicted molar refractivity (Wildman–Crippen MR) is 100 cm³/mol. The first-order chi connectivity index (χ1) is 13.0. The molecular formula is C21H25N3O3. The van der Waals surface area contributed by atoms with Gasteiger partial charge < -0.3 is 9.64 Å². The molecule has 142 valence electrons. The van der Waals surface area contributed by atoms with E-state index in [4.69, 9.17) is 4.74 Å². The van der Waals surface area contributed by atoms with Gasteiger partial charge >= 0.3 is 5.97 Å². The second-order valence-electron chi connectivity index (χ2n) is 7.78. The van der Waals surface area contributed by atoms with Crippen molar-refractivity contribution in [3.8, 4) is 5.69 Å². The van der Waals surface area contributed by atoms with Crippen molar-refractivity contribution in [3.05, 3.63) is 47.8 Å². The van der Waals surface area contributed by atoms with Crippen molar-refractivity contribution in [1.82, 2.24) is 14.7 Å². The highest BCUT2D eigenvalue weighted by atomic mass is 16.6. The minimum atomic E-state index is -0.562. The van der Waals surface area contributed by atoms with E-state index in [1.807, 2.05) is 42.1 Å². The van der Waals surface area contributed by atoms with Gasteiger partial charge in [-0.3, -0.25) is 9.59 Å². The molecule has 1 spiro atoms. The first kappa shape index (κ1) is 17.8. The molecular weight excluding hydrogens is 342 g/mol. The molecule has 2 fully saturated rings. The first-order valence-electron chi connectivity index (χ1n) is 9.55. The third kappa shape index (κ3) is 3.24. The molecule has 1 aromatic carbocycles. The molecule has 1 aliphatic heterocycles. The lowest BCUT2D eigenvalue weighted by atomic mass is 9.84. The van der Waals surface area contributed by atoms with Gasteiger partial charge in [0.1, 0.15) is 5.60 Å². The highest BCUT2D eigenvalue weighted by molar-refractivity contribution is 5.87. The molecule has 1 aliphatic carbocycles.